The molecule has 0 amide bonds. The Kier molecular flexibility index (Phi) is 4.77. The summed E-state index contributed by atoms with van der Waals surface area (Å²) in [7, 11) is 2.09. The van der Waals surface area contributed by atoms with E-state index < -0.39 is 0 Å². The Morgan fingerprint density at radius 1 is 1.11 bits per heavy atom. The van der Waals surface area contributed by atoms with Crippen LogP contribution in [-0.2, 0) is 11.2 Å². The molecule has 138 valence electrons. The lowest BCUT2D eigenvalue weighted by molar-refractivity contribution is -0.123. The Hall–Kier alpha value is -2.93. The van der Waals surface area contributed by atoms with Crippen LogP contribution in [0.4, 0.5) is 5.95 Å². The second-order valence-electron chi connectivity index (χ2n) is 7.11. The van der Waals surface area contributed by atoms with Crippen molar-refractivity contribution in [1.82, 2.24) is 24.8 Å². The number of nitrogens with two attached hydrogens (primary N) is 1. The zero-order valence-corrected chi connectivity index (χ0v) is 15.3. The second kappa shape index (κ2) is 7.36. The van der Waals surface area contributed by atoms with Crippen molar-refractivity contribution in [3.8, 4) is 11.1 Å². The number of likely N-dealkylation sites (tertiary alicyclic amines) is 1. The van der Waals surface area contributed by atoms with E-state index in [1.165, 1.54) is 0 Å². The molecule has 1 aliphatic heterocycles. The Labute approximate surface area is 157 Å². The van der Waals surface area contributed by atoms with Gasteiger partial charge in [-0.2, -0.15) is 0 Å². The van der Waals surface area contributed by atoms with Crippen molar-refractivity contribution in [2.45, 2.75) is 19.3 Å². The smallest absolute Gasteiger partial charge is 0.219 e. The van der Waals surface area contributed by atoms with E-state index >= 15 is 0 Å². The van der Waals surface area contributed by atoms with Gasteiger partial charge in [-0.3, -0.25) is 4.79 Å². The van der Waals surface area contributed by atoms with E-state index in [-0.39, 0.29) is 17.6 Å². The standard InChI is InChI=1S/C20H22N6O/c1-26-6-4-13(5-7-26)18(27)9-19-22-10-15-3-2-14(8-17(15)25-19)16-11-23-20(21)24-12-16/h2-3,8,10-13H,4-7,9H2,1H3,(H2,21,23,24). The highest BCUT2D eigenvalue weighted by Gasteiger charge is 2.24. The van der Waals surface area contributed by atoms with Crippen LogP contribution in [-0.4, -0.2) is 50.8 Å². The SMILES string of the molecule is CN1CCC(C(=O)Cc2ncc3ccc(-c4cnc(N)nc4)cc3n2)CC1. The molecule has 2 aromatic heterocycles. The zero-order valence-electron chi connectivity index (χ0n) is 15.3. The van der Waals surface area contributed by atoms with Crippen LogP contribution in [0.5, 0.6) is 0 Å². The highest BCUT2D eigenvalue weighted by Crippen LogP contribution is 2.23. The number of hydrogen-bond donors (Lipinski definition) is 1. The first-order valence-corrected chi connectivity index (χ1v) is 9.13. The van der Waals surface area contributed by atoms with Crippen molar-refractivity contribution in [3.05, 3.63) is 42.6 Å². The van der Waals surface area contributed by atoms with Crippen molar-refractivity contribution >= 4 is 22.6 Å². The summed E-state index contributed by atoms with van der Waals surface area (Å²) in [6.07, 6.45) is 7.29. The Bertz CT molecular complexity index is 964. The summed E-state index contributed by atoms with van der Waals surface area (Å²) in [5.41, 5.74) is 8.19. The van der Waals surface area contributed by atoms with Gasteiger partial charge in [0.15, 0.2) is 0 Å². The van der Waals surface area contributed by atoms with Gasteiger partial charge in [0.2, 0.25) is 5.95 Å². The minimum Gasteiger partial charge on any atom is -0.368 e. The van der Waals surface area contributed by atoms with E-state index in [4.69, 9.17) is 5.73 Å². The molecule has 4 rings (SSSR count). The van der Waals surface area contributed by atoms with Crippen LogP contribution in [0.1, 0.15) is 18.7 Å². The zero-order chi connectivity index (χ0) is 18.8. The van der Waals surface area contributed by atoms with Gasteiger partial charge in [-0.05, 0) is 44.6 Å². The molecule has 27 heavy (non-hydrogen) atoms. The molecule has 7 heteroatoms. The van der Waals surface area contributed by atoms with Crippen LogP contribution in [0.25, 0.3) is 22.0 Å². The molecule has 1 saturated heterocycles. The predicted molar refractivity (Wildman–Crippen MR) is 104 cm³/mol. The summed E-state index contributed by atoms with van der Waals surface area (Å²) in [5.74, 6) is 1.19. The van der Waals surface area contributed by atoms with Gasteiger partial charge >= 0.3 is 0 Å². The minimum absolute atomic E-state index is 0.124. The lowest BCUT2D eigenvalue weighted by Crippen LogP contribution is -2.34. The van der Waals surface area contributed by atoms with Gasteiger partial charge in [0.25, 0.3) is 0 Å². The molecular formula is C20H22N6O. The number of hydrogen-bond acceptors (Lipinski definition) is 7. The molecule has 0 radical (unpaired) electrons. The quantitative estimate of drug-likeness (QED) is 0.759. The van der Waals surface area contributed by atoms with Gasteiger partial charge in [0, 0.05) is 35.5 Å². The molecule has 0 spiro atoms. The summed E-state index contributed by atoms with van der Waals surface area (Å²) in [6, 6.07) is 5.91. The molecule has 0 bridgehead atoms. The summed E-state index contributed by atoms with van der Waals surface area (Å²) in [4.78, 5) is 31.9. The number of carbonyl (C=O) groups is 1. The number of nitrogen functional groups attached to an aromatic ring is 1. The van der Waals surface area contributed by atoms with Crippen LogP contribution in [0.15, 0.2) is 36.8 Å². The summed E-state index contributed by atoms with van der Waals surface area (Å²) in [6.45, 7) is 1.95. The molecule has 3 heterocycles. The van der Waals surface area contributed by atoms with Crippen molar-refractivity contribution in [2.75, 3.05) is 25.9 Å². The highest BCUT2D eigenvalue weighted by molar-refractivity contribution is 5.85. The van der Waals surface area contributed by atoms with Crippen molar-refractivity contribution in [2.24, 2.45) is 5.92 Å². The monoisotopic (exact) mass is 362 g/mol. The fourth-order valence-electron chi connectivity index (χ4n) is 3.44. The third-order valence-electron chi connectivity index (χ3n) is 5.14. The van der Waals surface area contributed by atoms with Crippen molar-refractivity contribution in [1.29, 1.82) is 0 Å². The van der Waals surface area contributed by atoms with Gasteiger partial charge in [-0.1, -0.05) is 12.1 Å². The number of piperidine rings is 1. The lowest BCUT2D eigenvalue weighted by Gasteiger charge is -2.27. The van der Waals surface area contributed by atoms with Crippen LogP contribution in [0.3, 0.4) is 0 Å². The van der Waals surface area contributed by atoms with E-state index in [0.717, 1.165) is 48.0 Å². The maximum Gasteiger partial charge on any atom is 0.219 e. The third kappa shape index (κ3) is 3.93. The predicted octanol–water partition coefficient (Wildman–Crippen LogP) is 2.12. The molecule has 0 saturated carbocycles. The Morgan fingerprint density at radius 3 is 2.59 bits per heavy atom. The second-order valence-corrected chi connectivity index (χ2v) is 7.11. The van der Waals surface area contributed by atoms with Gasteiger partial charge < -0.3 is 10.6 Å². The van der Waals surface area contributed by atoms with Crippen LogP contribution >= 0.6 is 0 Å². The number of aromatic nitrogens is 4. The van der Waals surface area contributed by atoms with Crippen LogP contribution < -0.4 is 5.73 Å². The molecule has 0 unspecified atom stereocenters. The number of carbonyl (C=O) groups excluding carboxylic acids is 1. The Balaban J connectivity index is 1.55. The average molecular weight is 362 g/mol. The average Bonchev–Trinajstić information content (AvgIpc) is 2.68. The number of ketones is 1. The van der Waals surface area contributed by atoms with Crippen LogP contribution in [0, 0.1) is 5.92 Å². The van der Waals surface area contributed by atoms with Crippen molar-refractivity contribution < 1.29 is 4.79 Å². The number of rotatable bonds is 4. The lowest BCUT2D eigenvalue weighted by atomic mass is 9.91. The summed E-state index contributed by atoms with van der Waals surface area (Å²) in [5, 5.41) is 0.936. The largest absolute Gasteiger partial charge is 0.368 e. The summed E-state index contributed by atoms with van der Waals surface area (Å²) < 4.78 is 0. The molecule has 1 fully saturated rings. The number of nitrogens with zero attached hydrogens (tertiary/aromatic N) is 5. The molecule has 2 N–H and O–H groups in total. The molecule has 0 atom stereocenters. The number of benzene rings is 1. The maximum absolute atomic E-state index is 12.6. The van der Waals surface area contributed by atoms with Gasteiger partial charge in [-0.15, -0.1) is 0 Å². The fourth-order valence-corrected chi connectivity index (χ4v) is 3.44. The van der Waals surface area contributed by atoms with Gasteiger partial charge in [-0.25, -0.2) is 19.9 Å². The van der Waals surface area contributed by atoms with Crippen molar-refractivity contribution in [3.63, 3.8) is 0 Å². The number of fused-ring (bicyclic) bond motifs is 1. The van der Waals surface area contributed by atoms with Gasteiger partial charge in [0.1, 0.15) is 11.6 Å². The van der Waals surface area contributed by atoms with E-state index in [1.807, 2.05) is 18.2 Å². The van der Waals surface area contributed by atoms with E-state index in [9.17, 15) is 4.79 Å². The molecule has 1 aliphatic rings. The molecular weight excluding hydrogens is 340 g/mol. The Morgan fingerprint density at radius 2 is 1.85 bits per heavy atom. The normalized spacial score (nSPS) is 15.9. The van der Waals surface area contributed by atoms with Gasteiger partial charge in [0.05, 0.1) is 11.9 Å². The van der Waals surface area contributed by atoms with Crippen LogP contribution in [0.2, 0.25) is 0 Å². The summed E-state index contributed by atoms with van der Waals surface area (Å²) >= 11 is 0. The van der Waals surface area contributed by atoms with E-state index in [2.05, 4.69) is 31.9 Å². The molecule has 0 aliphatic carbocycles. The molecule has 7 nitrogen and oxygen atoms in total. The first-order chi connectivity index (χ1) is 13.1. The third-order valence-corrected chi connectivity index (χ3v) is 5.14. The molecule has 1 aromatic carbocycles. The maximum atomic E-state index is 12.6. The van der Waals surface area contributed by atoms with E-state index in [1.54, 1.807) is 18.6 Å². The topological polar surface area (TPSA) is 97.9 Å². The minimum atomic E-state index is 0.124. The molecule has 3 aromatic rings. The number of Topliss-reactive ketones (excluding diaryl/α,β-unsaturated/α-hetero) is 1. The fraction of sp³-hybridized carbons (Fsp3) is 0.350. The number of anilines is 1. The first-order valence-electron chi connectivity index (χ1n) is 9.13. The first kappa shape index (κ1) is 17.5. The van der Waals surface area contributed by atoms with E-state index in [0.29, 0.717) is 12.2 Å². The highest BCUT2D eigenvalue weighted by atomic mass is 16.1.